The zero-order chi connectivity index (χ0) is 17.3. The van der Waals surface area contributed by atoms with Gasteiger partial charge < -0.3 is 9.84 Å². The van der Waals surface area contributed by atoms with Crippen LogP contribution in [-0.4, -0.2) is 39.8 Å². The van der Waals surface area contributed by atoms with Gasteiger partial charge in [0.25, 0.3) is 11.1 Å². The van der Waals surface area contributed by atoms with Crippen LogP contribution in [0.5, 0.6) is 5.75 Å². The molecule has 3 rings (SSSR count). The van der Waals surface area contributed by atoms with Gasteiger partial charge in [0.05, 0.1) is 11.3 Å². The summed E-state index contributed by atoms with van der Waals surface area (Å²) in [6.07, 6.45) is 3.06. The summed E-state index contributed by atoms with van der Waals surface area (Å²) < 4.78 is 5.81. The molecule has 0 aliphatic carbocycles. The number of benzene rings is 1. The van der Waals surface area contributed by atoms with E-state index in [-0.39, 0.29) is 24.0 Å². The van der Waals surface area contributed by atoms with E-state index in [0.717, 1.165) is 33.5 Å². The lowest BCUT2D eigenvalue weighted by Crippen LogP contribution is -2.30. The number of carbonyl (C=O) groups excluding carboxylic acids is 2. The molecule has 2 aliphatic rings. The van der Waals surface area contributed by atoms with Crippen LogP contribution in [0, 0.1) is 0 Å². The van der Waals surface area contributed by atoms with Crippen LogP contribution in [0.1, 0.15) is 18.9 Å². The number of carboxylic acids is 1. The third-order valence-electron chi connectivity index (χ3n) is 3.73. The molecule has 24 heavy (non-hydrogen) atoms. The van der Waals surface area contributed by atoms with Crippen molar-refractivity contribution in [2.75, 3.05) is 6.54 Å². The topological polar surface area (TPSA) is 83.9 Å². The van der Waals surface area contributed by atoms with Gasteiger partial charge in [-0.05, 0) is 42.5 Å². The first-order valence-corrected chi connectivity index (χ1v) is 8.22. The van der Waals surface area contributed by atoms with Crippen molar-refractivity contribution >= 4 is 35.0 Å². The Hall–Kier alpha value is -2.54. The Labute approximate surface area is 142 Å². The summed E-state index contributed by atoms with van der Waals surface area (Å²) >= 11 is 0.820. The van der Waals surface area contributed by atoms with Crippen molar-refractivity contribution in [2.45, 2.75) is 19.4 Å². The van der Waals surface area contributed by atoms with Crippen LogP contribution in [0.2, 0.25) is 0 Å². The van der Waals surface area contributed by atoms with E-state index in [0.29, 0.717) is 0 Å². The summed E-state index contributed by atoms with van der Waals surface area (Å²) in [7, 11) is 0. The fraction of sp³-hybridized carbons (Fsp3) is 0.235. The highest BCUT2D eigenvalue weighted by atomic mass is 32.2. The van der Waals surface area contributed by atoms with Crippen molar-refractivity contribution < 1.29 is 24.2 Å². The van der Waals surface area contributed by atoms with E-state index in [1.54, 1.807) is 6.08 Å². The lowest BCUT2D eigenvalue weighted by molar-refractivity contribution is -0.137. The number of ether oxygens (including phenoxy) is 1. The van der Waals surface area contributed by atoms with E-state index in [2.05, 4.69) is 0 Å². The summed E-state index contributed by atoms with van der Waals surface area (Å²) in [4.78, 5) is 36.1. The molecule has 0 bridgehead atoms. The largest absolute Gasteiger partial charge is 0.485 e. The SMILES string of the molecule is C[C@H]1Oc2ccccc2C=C1/C=C1/SC(=O)N(CCC(=O)O)C1=O. The van der Waals surface area contributed by atoms with Gasteiger partial charge in [-0.2, -0.15) is 0 Å². The Bertz CT molecular complexity index is 783. The highest BCUT2D eigenvalue weighted by molar-refractivity contribution is 8.18. The second-order valence-corrected chi connectivity index (χ2v) is 6.41. The van der Waals surface area contributed by atoms with Gasteiger partial charge in [-0.25, -0.2) is 0 Å². The standard InChI is InChI=1S/C17H15NO5S/c1-10-12(8-11-4-2-3-5-13(11)23-10)9-14-16(21)18(17(22)24-14)7-6-15(19)20/h2-5,8-10H,6-7H2,1H3,(H,19,20)/b14-9+/t10-/m1/s1. The normalized spacial score (nSPS) is 21.5. The molecule has 0 aromatic heterocycles. The number of hydrogen-bond donors (Lipinski definition) is 1. The molecule has 7 heteroatoms. The predicted molar refractivity (Wildman–Crippen MR) is 89.5 cm³/mol. The van der Waals surface area contributed by atoms with Gasteiger partial charge in [-0.3, -0.25) is 19.3 Å². The molecule has 1 N–H and O–H groups in total. The summed E-state index contributed by atoms with van der Waals surface area (Å²) in [5, 5.41) is 8.26. The maximum atomic E-state index is 12.3. The fourth-order valence-electron chi connectivity index (χ4n) is 2.47. The van der Waals surface area contributed by atoms with Crippen LogP contribution in [0.15, 0.2) is 40.8 Å². The first-order chi connectivity index (χ1) is 11.5. The predicted octanol–water partition coefficient (Wildman–Crippen LogP) is 2.90. The second-order valence-electron chi connectivity index (χ2n) is 5.42. The molecule has 124 valence electrons. The first-order valence-electron chi connectivity index (χ1n) is 7.40. The van der Waals surface area contributed by atoms with Crippen molar-refractivity contribution in [3.63, 3.8) is 0 Å². The molecule has 0 radical (unpaired) electrons. The number of amides is 2. The number of thioether (sulfide) groups is 1. The molecular formula is C17H15NO5S. The molecule has 0 spiro atoms. The lowest BCUT2D eigenvalue weighted by atomic mass is 10.0. The molecule has 6 nitrogen and oxygen atoms in total. The number of imide groups is 1. The average Bonchev–Trinajstić information content (AvgIpc) is 2.80. The van der Waals surface area contributed by atoms with Crippen molar-refractivity contribution in [2.24, 2.45) is 0 Å². The van der Waals surface area contributed by atoms with E-state index in [9.17, 15) is 14.4 Å². The monoisotopic (exact) mass is 345 g/mol. The summed E-state index contributed by atoms with van der Waals surface area (Å²) in [5.41, 5.74) is 1.70. The molecule has 0 unspecified atom stereocenters. The summed E-state index contributed by atoms with van der Waals surface area (Å²) in [6, 6.07) is 7.57. The number of carboxylic acid groups (broad SMARTS) is 1. The minimum Gasteiger partial charge on any atom is -0.485 e. The first kappa shape index (κ1) is 16.3. The van der Waals surface area contributed by atoms with Gasteiger partial charge in [0.15, 0.2) is 0 Å². The molecule has 1 saturated heterocycles. The highest BCUT2D eigenvalue weighted by Gasteiger charge is 2.35. The molecule has 1 atom stereocenters. The maximum absolute atomic E-state index is 12.3. The maximum Gasteiger partial charge on any atom is 0.305 e. The van der Waals surface area contributed by atoms with E-state index in [1.165, 1.54) is 0 Å². The molecule has 1 fully saturated rings. The van der Waals surface area contributed by atoms with Crippen LogP contribution in [0.25, 0.3) is 6.08 Å². The number of rotatable bonds is 4. The molecule has 1 aromatic rings. The Morgan fingerprint density at radius 2 is 2.12 bits per heavy atom. The highest BCUT2D eigenvalue weighted by Crippen LogP contribution is 2.35. The van der Waals surface area contributed by atoms with Gasteiger partial charge >= 0.3 is 5.97 Å². The summed E-state index contributed by atoms with van der Waals surface area (Å²) in [5.74, 6) is -0.735. The number of para-hydroxylation sites is 1. The molecule has 1 aromatic carbocycles. The zero-order valence-electron chi connectivity index (χ0n) is 12.9. The van der Waals surface area contributed by atoms with E-state index in [1.807, 2.05) is 37.3 Å². The minimum absolute atomic E-state index is 0.120. The van der Waals surface area contributed by atoms with Gasteiger partial charge in [0, 0.05) is 12.1 Å². The van der Waals surface area contributed by atoms with Gasteiger partial charge in [-0.1, -0.05) is 18.2 Å². The van der Waals surface area contributed by atoms with Crippen molar-refractivity contribution in [1.29, 1.82) is 0 Å². The number of hydrogen-bond acceptors (Lipinski definition) is 5. The number of fused-ring (bicyclic) bond motifs is 1. The van der Waals surface area contributed by atoms with Crippen LogP contribution in [0.3, 0.4) is 0 Å². The Morgan fingerprint density at radius 1 is 1.38 bits per heavy atom. The van der Waals surface area contributed by atoms with Crippen molar-refractivity contribution in [3.05, 3.63) is 46.4 Å². The third kappa shape index (κ3) is 3.21. The fourth-order valence-corrected chi connectivity index (χ4v) is 3.34. The van der Waals surface area contributed by atoms with Crippen LogP contribution in [0.4, 0.5) is 4.79 Å². The Morgan fingerprint density at radius 3 is 2.88 bits per heavy atom. The molecular weight excluding hydrogens is 330 g/mol. The number of aliphatic carboxylic acids is 1. The van der Waals surface area contributed by atoms with Crippen molar-refractivity contribution in [3.8, 4) is 5.75 Å². The lowest BCUT2D eigenvalue weighted by Gasteiger charge is -2.23. The van der Waals surface area contributed by atoms with Crippen LogP contribution >= 0.6 is 11.8 Å². The second kappa shape index (κ2) is 6.52. The number of nitrogens with zero attached hydrogens (tertiary/aromatic N) is 1. The van der Waals surface area contributed by atoms with E-state index < -0.39 is 17.1 Å². The quantitative estimate of drug-likeness (QED) is 0.845. The zero-order valence-corrected chi connectivity index (χ0v) is 13.7. The summed E-state index contributed by atoms with van der Waals surface area (Å²) in [6.45, 7) is 1.75. The van der Waals surface area contributed by atoms with Crippen LogP contribution < -0.4 is 4.74 Å². The smallest absolute Gasteiger partial charge is 0.305 e. The van der Waals surface area contributed by atoms with Gasteiger partial charge in [0.2, 0.25) is 0 Å². The van der Waals surface area contributed by atoms with E-state index in [4.69, 9.17) is 9.84 Å². The molecule has 2 amide bonds. The minimum atomic E-state index is -1.05. The number of carbonyl (C=O) groups is 3. The Balaban J connectivity index is 1.84. The third-order valence-corrected chi connectivity index (χ3v) is 4.64. The van der Waals surface area contributed by atoms with Gasteiger partial charge in [0.1, 0.15) is 11.9 Å². The molecule has 2 aliphatic heterocycles. The molecule has 0 saturated carbocycles. The van der Waals surface area contributed by atoms with Gasteiger partial charge in [-0.15, -0.1) is 0 Å². The Kier molecular flexibility index (Phi) is 4.44. The molecule has 2 heterocycles. The average molecular weight is 345 g/mol. The van der Waals surface area contributed by atoms with Crippen LogP contribution in [-0.2, 0) is 9.59 Å². The van der Waals surface area contributed by atoms with Crippen molar-refractivity contribution in [1.82, 2.24) is 4.90 Å². The van der Waals surface area contributed by atoms with E-state index >= 15 is 0 Å².